The Bertz CT molecular complexity index is 3440. The Morgan fingerprint density at radius 1 is 0.305 bits per heavy atom. The van der Waals surface area contributed by atoms with Crippen molar-refractivity contribution in [3.8, 4) is 27.9 Å². The predicted molar refractivity (Wildman–Crippen MR) is 251 cm³/mol. The first-order valence-corrected chi connectivity index (χ1v) is 20.6. The van der Waals surface area contributed by atoms with Gasteiger partial charge in [-0.2, -0.15) is 0 Å². The van der Waals surface area contributed by atoms with Crippen LogP contribution < -0.4 is 4.90 Å². The summed E-state index contributed by atoms with van der Waals surface area (Å²) in [6.07, 6.45) is 0. The number of hydrogen-bond donors (Lipinski definition) is 0. The number of aromatic nitrogens is 1. The number of fused-ring (bicyclic) bond motifs is 11. The lowest BCUT2D eigenvalue weighted by Crippen LogP contribution is -2.30. The quantitative estimate of drug-likeness (QED) is 0.163. The lowest BCUT2D eigenvalue weighted by Gasteiger charge is -2.42. The maximum atomic E-state index is 2.48. The van der Waals surface area contributed by atoms with Crippen LogP contribution in [0.3, 0.4) is 0 Å². The number of nitrogens with zero attached hydrogens (tertiary/aromatic N) is 2. The Kier molecular flexibility index (Phi) is 7.31. The van der Waals surface area contributed by atoms with E-state index in [4.69, 9.17) is 0 Å². The minimum atomic E-state index is -0.217. The van der Waals surface area contributed by atoms with Gasteiger partial charge in [0.15, 0.2) is 0 Å². The third-order valence-electron chi connectivity index (χ3n) is 12.9. The molecule has 0 spiro atoms. The van der Waals surface area contributed by atoms with E-state index < -0.39 is 0 Å². The average molecular weight is 753 g/mol. The van der Waals surface area contributed by atoms with Crippen LogP contribution in [0.4, 0.5) is 17.1 Å². The summed E-state index contributed by atoms with van der Waals surface area (Å²) in [4.78, 5) is 2.48. The highest BCUT2D eigenvalue weighted by molar-refractivity contribution is 6.25. The number of para-hydroxylation sites is 3. The zero-order valence-corrected chi connectivity index (χ0v) is 33.0. The third kappa shape index (κ3) is 5.06. The molecule has 0 amide bonds. The van der Waals surface area contributed by atoms with Crippen molar-refractivity contribution in [2.45, 2.75) is 19.3 Å². The van der Waals surface area contributed by atoms with Crippen LogP contribution in [0.1, 0.15) is 25.0 Å². The van der Waals surface area contributed by atoms with E-state index in [-0.39, 0.29) is 5.41 Å². The van der Waals surface area contributed by atoms with Crippen molar-refractivity contribution < 1.29 is 0 Å². The van der Waals surface area contributed by atoms with E-state index in [1.54, 1.807) is 0 Å². The monoisotopic (exact) mass is 752 g/mol. The molecule has 0 bridgehead atoms. The molecule has 2 heteroatoms. The van der Waals surface area contributed by atoms with Crippen molar-refractivity contribution >= 4 is 71.2 Å². The average Bonchev–Trinajstić information content (AvgIpc) is 3.63. The van der Waals surface area contributed by atoms with Gasteiger partial charge in [-0.25, -0.2) is 0 Å². The summed E-state index contributed by atoms with van der Waals surface area (Å²) < 4.78 is 2.38. The molecule has 2 heterocycles. The molecule has 59 heavy (non-hydrogen) atoms. The molecule has 2 nitrogen and oxygen atoms in total. The van der Waals surface area contributed by atoms with Crippen molar-refractivity contribution in [3.05, 3.63) is 217 Å². The summed E-state index contributed by atoms with van der Waals surface area (Å²) in [5.74, 6) is 0. The molecule has 0 atom stereocenters. The molecule has 0 radical (unpaired) electrons. The SMILES string of the molecule is CC1(C)c2ccccc2N(c2cccc(-c3ccc4c5ccccc5c5ccccc5c4c3)c2)c2ccc(-c3ccc4c(c3)c3ccccc3n4-c3ccccc3)cc21. The summed E-state index contributed by atoms with van der Waals surface area (Å²) in [6, 6.07) is 76.2. The van der Waals surface area contributed by atoms with Crippen LogP contribution in [0.5, 0.6) is 0 Å². The lowest BCUT2D eigenvalue weighted by molar-refractivity contribution is 0.632. The van der Waals surface area contributed by atoms with Gasteiger partial charge in [-0.3, -0.25) is 0 Å². The van der Waals surface area contributed by atoms with Crippen LogP contribution >= 0.6 is 0 Å². The summed E-state index contributed by atoms with van der Waals surface area (Å²) in [6.45, 7) is 4.75. The smallest absolute Gasteiger partial charge is 0.0541 e. The van der Waals surface area contributed by atoms with E-state index in [0.717, 1.165) is 5.69 Å². The second kappa shape index (κ2) is 12.8. The van der Waals surface area contributed by atoms with E-state index in [2.05, 4.69) is 230 Å². The first kappa shape index (κ1) is 33.7. The molecule has 0 saturated carbocycles. The molecule has 0 unspecified atom stereocenters. The largest absolute Gasteiger partial charge is 0.310 e. The molecule has 1 aromatic heterocycles. The Hall–Kier alpha value is -7.42. The van der Waals surface area contributed by atoms with Crippen molar-refractivity contribution in [3.63, 3.8) is 0 Å². The fourth-order valence-electron chi connectivity index (χ4n) is 10.1. The van der Waals surface area contributed by atoms with Gasteiger partial charge in [0.25, 0.3) is 0 Å². The first-order valence-electron chi connectivity index (χ1n) is 20.6. The second-order valence-electron chi connectivity index (χ2n) is 16.5. The third-order valence-corrected chi connectivity index (χ3v) is 12.9. The summed E-state index contributed by atoms with van der Waals surface area (Å²) in [5.41, 5.74) is 14.5. The molecular formula is C57H40N2. The lowest BCUT2D eigenvalue weighted by atomic mass is 9.73. The van der Waals surface area contributed by atoms with Gasteiger partial charge < -0.3 is 9.47 Å². The summed E-state index contributed by atoms with van der Waals surface area (Å²) in [5, 5.41) is 10.3. The van der Waals surface area contributed by atoms with Crippen molar-refractivity contribution in [2.75, 3.05) is 4.90 Å². The first-order chi connectivity index (χ1) is 29.0. The van der Waals surface area contributed by atoms with Crippen LogP contribution in [0, 0.1) is 0 Å². The van der Waals surface area contributed by atoms with Crippen LogP contribution in [-0.4, -0.2) is 4.57 Å². The van der Waals surface area contributed by atoms with Crippen molar-refractivity contribution in [2.24, 2.45) is 0 Å². The van der Waals surface area contributed by atoms with Gasteiger partial charge in [0.05, 0.1) is 22.4 Å². The van der Waals surface area contributed by atoms with Crippen molar-refractivity contribution in [1.29, 1.82) is 0 Å². The number of benzene rings is 10. The highest BCUT2D eigenvalue weighted by Gasteiger charge is 2.37. The number of anilines is 3. The molecule has 0 fully saturated rings. The predicted octanol–water partition coefficient (Wildman–Crippen LogP) is 15.7. The van der Waals surface area contributed by atoms with Gasteiger partial charge in [0.1, 0.15) is 0 Å². The minimum Gasteiger partial charge on any atom is -0.310 e. The van der Waals surface area contributed by atoms with E-state index in [1.165, 1.54) is 105 Å². The molecule has 0 saturated heterocycles. The van der Waals surface area contributed by atoms with Gasteiger partial charge in [0.2, 0.25) is 0 Å². The Labute approximate surface area is 343 Å². The molecule has 0 aliphatic carbocycles. The normalized spacial score (nSPS) is 13.4. The molecule has 10 aromatic carbocycles. The minimum absolute atomic E-state index is 0.217. The molecule has 278 valence electrons. The van der Waals surface area contributed by atoms with Crippen LogP contribution in [-0.2, 0) is 5.41 Å². The van der Waals surface area contributed by atoms with Gasteiger partial charge in [-0.05, 0) is 132 Å². The van der Waals surface area contributed by atoms with E-state index in [1.807, 2.05) is 0 Å². The van der Waals surface area contributed by atoms with E-state index >= 15 is 0 Å². The van der Waals surface area contributed by atoms with Crippen molar-refractivity contribution in [1.82, 2.24) is 4.57 Å². The second-order valence-corrected chi connectivity index (χ2v) is 16.5. The fourth-order valence-corrected chi connectivity index (χ4v) is 10.1. The van der Waals surface area contributed by atoms with Gasteiger partial charge in [-0.15, -0.1) is 0 Å². The van der Waals surface area contributed by atoms with Crippen LogP contribution in [0.25, 0.3) is 82.1 Å². The zero-order chi connectivity index (χ0) is 39.2. The highest BCUT2D eigenvalue weighted by Crippen LogP contribution is 2.53. The fraction of sp³-hybridized carbons (Fsp3) is 0.0526. The van der Waals surface area contributed by atoms with Gasteiger partial charge in [-0.1, -0.05) is 153 Å². The van der Waals surface area contributed by atoms with Gasteiger partial charge >= 0.3 is 0 Å². The van der Waals surface area contributed by atoms with E-state index in [0.29, 0.717) is 0 Å². The maximum absolute atomic E-state index is 2.48. The maximum Gasteiger partial charge on any atom is 0.0541 e. The summed E-state index contributed by atoms with van der Waals surface area (Å²) >= 11 is 0. The molecular weight excluding hydrogens is 713 g/mol. The molecule has 1 aliphatic heterocycles. The van der Waals surface area contributed by atoms with Crippen LogP contribution in [0.2, 0.25) is 0 Å². The Morgan fingerprint density at radius 2 is 0.814 bits per heavy atom. The van der Waals surface area contributed by atoms with Crippen LogP contribution in [0.15, 0.2) is 206 Å². The Morgan fingerprint density at radius 3 is 1.58 bits per heavy atom. The molecule has 0 N–H and O–H groups in total. The summed E-state index contributed by atoms with van der Waals surface area (Å²) in [7, 11) is 0. The van der Waals surface area contributed by atoms with Gasteiger partial charge in [0, 0.05) is 27.6 Å². The zero-order valence-electron chi connectivity index (χ0n) is 33.0. The van der Waals surface area contributed by atoms with E-state index in [9.17, 15) is 0 Å². The molecule has 1 aliphatic rings. The number of rotatable bonds is 4. The molecule has 11 aromatic rings. The standard InChI is InChI=1S/C57H40N2/c1-57(2)51-24-11-13-26-55(51)59(42-18-14-15-37(33-42)38-27-30-47-45-21-7-6-19-43(45)44-20-8-9-22-46(44)49(47)34-38)56-32-29-40(36-52(56)57)39-28-31-54-50(35-39)48-23-10-12-25-53(48)58(54)41-16-4-3-5-17-41/h3-36H,1-2H3. The Balaban J connectivity index is 0.998. The highest BCUT2D eigenvalue weighted by atomic mass is 15.2. The molecule has 12 rings (SSSR count). The number of hydrogen-bond acceptors (Lipinski definition) is 1. The topological polar surface area (TPSA) is 8.17 Å².